The second-order valence-corrected chi connectivity index (χ2v) is 5.68. The summed E-state index contributed by atoms with van der Waals surface area (Å²) in [5.74, 6) is 0.0501. The van der Waals surface area contributed by atoms with Crippen LogP contribution < -0.4 is 10.6 Å². The molecule has 1 rings (SSSR count). The maximum absolute atomic E-state index is 11.4. The van der Waals surface area contributed by atoms with Crippen molar-refractivity contribution in [3.63, 3.8) is 0 Å². The van der Waals surface area contributed by atoms with E-state index in [0.717, 1.165) is 9.26 Å². The van der Waals surface area contributed by atoms with E-state index >= 15 is 0 Å². The highest BCUT2D eigenvalue weighted by molar-refractivity contribution is 14.1. The Morgan fingerprint density at radius 2 is 2.18 bits per heavy atom. The van der Waals surface area contributed by atoms with Gasteiger partial charge in [-0.05, 0) is 54.6 Å². The van der Waals surface area contributed by atoms with Crippen LogP contribution in [0.4, 0.5) is 5.69 Å². The molecule has 3 nitrogen and oxygen atoms in total. The Labute approximate surface area is 120 Å². The van der Waals surface area contributed by atoms with Crippen molar-refractivity contribution < 1.29 is 4.79 Å². The van der Waals surface area contributed by atoms with Crippen molar-refractivity contribution in [1.82, 2.24) is 5.32 Å². The highest BCUT2D eigenvalue weighted by Crippen LogP contribution is 2.23. The number of hydrogen-bond donors (Lipinski definition) is 2. The van der Waals surface area contributed by atoms with Gasteiger partial charge in [-0.1, -0.05) is 11.6 Å². The first-order valence-corrected chi connectivity index (χ1v) is 6.93. The molecule has 0 saturated heterocycles. The minimum absolute atomic E-state index is 0.0501. The smallest absolute Gasteiger partial charge is 0.221 e. The van der Waals surface area contributed by atoms with E-state index in [2.05, 4.69) is 33.2 Å². The molecule has 0 bridgehead atoms. The fourth-order valence-corrected chi connectivity index (χ4v) is 2.26. The molecule has 17 heavy (non-hydrogen) atoms. The molecule has 1 aromatic carbocycles. The van der Waals surface area contributed by atoms with Crippen LogP contribution in [0.25, 0.3) is 0 Å². The lowest BCUT2D eigenvalue weighted by Crippen LogP contribution is -2.31. The highest BCUT2D eigenvalue weighted by Gasteiger charge is 2.04. The van der Waals surface area contributed by atoms with E-state index in [1.54, 1.807) is 0 Å². The SMILES string of the molecule is CC(C)NC(=O)CCNc1ccc(I)cc1Cl. The third kappa shape index (κ3) is 5.59. The molecule has 0 aliphatic heterocycles. The fraction of sp³-hybridized carbons (Fsp3) is 0.417. The molecular formula is C12H16ClIN2O. The van der Waals surface area contributed by atoms with Gasteiger partial charge in [-0.15, -0.1) is 0 Å². The molecule has 0 heterocycles. The van der Waals surface area contributed by atoms with Crippen molar-refractivity contribution in [2.24, 2.45) is 0 Å². The van der Waals surface area contributed by atoms with Crippen LogP contribution >= 0.6 is 34.2 Å². The lowest BCUT2D eigenvalue weighted by atomic mass is 10.3. The zero-order valence-electron chi connectivity index (χ0n) is 9.89. The van der Waals surface area contributed by atoms with Crippen LogP contribution in [-0.2, 0) is 4.79 Å². The molecule has 0 unspecified atom stereocenters. The molecule has 0 fully saturated rings. The number of nitrogens with one attached hydrogen (secondary N) is 2. The summed E-state index contributed by atoms with van der Waals surface area (Å²) in [4.78, 5) is 11.4. The Balaban J connectivity index is 2.38. The molecule has 0 spiro atoms. The first-order chi connectivity index (χ1) is 7.99. The van der Waals surface area contributed by atoms with Crippen LogP contribution in [-0.4, -0.2) is 18.5 Å². The second kappa shape index (κ2) is 7.06. The zero-order valence-corrected chi connectivity index (χ0v) is 12.8. The molecule has 0 radical (unpaired) electrons. The van der Waals surface area contributed by atoms with E-state index in [4.69, 9.17) is 11.6 Å². The summed E-state index contributed by atoms with van der Waals surface area (Å²) in [5.41, 5.74) is 0.865. The fourth-order valence-electron chi connectivity index (χ4n) is 1.34. The number of carbonyl (C=O) groups excluding carboxylic acids is 1. The number of amides is 1. The van der Waals surface area contributed by atoms with Crippen LogP contribution in [0.15, 0.2) is 18.2 Å². The van der Waals surface area contributed by atoms with Crippen molar-refractivity contribution in [3.05, 3.63) is 26.8 Å². The minimum Gasteiger partial charge on any atom is -0.383 e. The number of halogens is 2. The van der Waals surface area contributed by atoms with E-state index in [1.165, 1.54) is 0 Å². The van der Waals surface area contributed by atoms with Gasteiger partial charge in [0.2, 0.25) is 5.91 Å². The van der Waals surface area contributed by atoms with Crippen molar-refractivity contribution in [2.75, 3.05) is 11.9 Å². The zero-order chi connectivity index (χ0) is 12.8. The van der Waals surface area contributed by atoms with Crippen LogP contribution in [0.3, 0.4) is 0 Å². The van der Waals surface area contributed by atoms with Crippen LogP contribution in [0.1, 0.15) is 20.3 Å². The van der Waals surface area contributed by atoms with Gasteiger partial charge in [0.15, 0.2) is 0 Å². The monoisotopic (exact) mass is 366 g/mol. The van der Waals surface area contributed by atoms with Crippen LogP contribution in [0.2, 0.25) is 5.02 Å². The predicted octanol–water partition coefficient (Wildman–Crippen LogP) is 3.27. The van der Waals surface area contributed by atoms with Crippen molar-refractivity contribution in [2.45, 2.75) is 26.3 Å². The standard InChI is InChI=1S/C12H16ClIN2O/c1-8(2)16-12(17)5-6-15-11-4-3-9(14)7-10(11)13/h3-4,7-8,15H,5-6H2,1-2H3,(H,16,17). The Morgan fingerprint density at radius 3 is 2.76 bits per heavy atom. The highest BCUT2D eigenvalue weighted by atomic mass is 127. The normalized spacial score (nSPS) is 10.4. The van der Waals surface area contributed by atoms with E-state index in [9.17, 15) is 4.79 Å². The van der Waals surface area contributed by atoms with Crippen molar-refractivity contribution >= 4 is 45.8 Å². The predicted molar refractivity (Wildman–Crippen MR) is 80.6 cm³/mol. The second-order valence-electron chi connectivity index (χ2n) is 4.02. The van der Waals surface area contributed by atoms with Gasteiger partial charge >= 0.3 is 0 Å². The Kier molecular flexibility index (Phi) is 6.05. The van der Waals surface area contributed by atoms with Gasteiger partial charge in [0.05, 0.1) is 10.7 Å². The lowest BCUT2D eigenvalue weighted by Gasteiger charge is -2.10. The van der Waals surface area contributed by atoms with E-state index in [0.29, 0.717) is 18.0 Å². The molecular weight excluding hydrogens is 351 g/mol. The minimum atomic E-state index is 0.0501. The molecule has 0 aliphatic rings. The maximum Gasteiger partial charge on any atom is 0.221 e. The summed E-state index contributed by atoms with van der Waals surface area (Å²) >= 11 is 8.27. The maximum atomic E-state index is 11.4. The third-order valence-electron chi connectivity index (χ3n) is 2.05. The third-order valence-corrected chi connectivity index (χ3v) is 3.03. The van der Waals surface area contributed by atoms with Crippen molar-refractivity contribution in [3.8, 4) is 0 Å². The summed E-state index contributed by atoms with van der Waals surface area (Å²) in [6, 6.07) is 5.97. The Morgan fingerprint density at radius 1 is 1.47 bits per heavy atom. The molecule has 94 valence electrons. The molecule has 0 aromatic heterocycles. The summed E-state index contributed by atoms with van der Waals surface area (Å²) in [7, 11) is 0. The number of rotatable bonds is 5. The number of carbonyl (C=O) groups is 1. The molecule has 1 aromatic rings. The van der Waals surface area contributed by atoms with Crippen molar-refractivity contribution in [1.29, 1.82) is 0 Å². The average Bonchev–Trinajstić information content (AvgIpc) is 2.20. The molecule has 1 amide bonds. The number of anilines is 1. The van der Waals surface area contributed by atoms with Gasteiger partial charge in [-0.25, -0.2) is 0 Å². The van der Waals surface area contributed by atoms with E-state index < -0.39 is 0 Å². The van der Waals surface area contributed by atoms with Crippen LogP contribution in [0, 0.1) is 3.57 Å². The number of benzene rings is 1. The van der Waals surface area contributed by atoms with Gasteiger partial charge in [0.1, 0.15) is 0 Å². The quantitative estimate of drug-likeness (QED) is 0.785. The first-order valence-electron chi connectivity index (χ1n) is 5.47. The average molecular weight is 367 g/mol. The summed E-state index contributed by atoms with van der Waals surface area (Å²) in [6.45, 7) is 4.47. The summed E-state index contributed by atoms with van der Waals surface area (Å²) in [6.07, 6.45) is 0.445. The Hall–Kier alpha value is -0.490. The van der Waals surface area contributed by atoms with Gasteiger partial charge in [-0.2, -0.15) is 0 Å². The molecule has 0 aliphatic carbocycles. The molecule has 5 heteroatoms. The first kappa shape index (κ1) is 14.6. The number of hydrogen-bond acceptors (Lipinski definition) is 2. The summed E-state index contributed by atoms with van der Waals surface area (Å²) < 4.78 is 1.09. The molecule has 2 N–H and O–H groups in total. The van der Waals surface area contributed by atoms with E-state index in [-0.39, 0.29) is 11.9 Å². The lowest BCUT2D eigenvalue weighted by molar-refractivity contribution is -0.121. The van der Waals surface area contributed by atoms with Gasteiger partial charge in [0, 0.05) is 22.6 Å². The summed E-state index contributed by atoms with van der Waals surface area (Å²) in [5, 5.41) is 6.67. The Bertz CT molecular complexity index is 396. The van der Waals surface area contributed by atoms with E-state index in [1.807, 2.05) is 32.0 Å². The topological polar surface area (TPSA) is 41.1 Å². The van der Waals surface area contributed by atoms with Gasteiger partial charge in [0.25, 0.3) is 0 Å². The molecule has 0 saturated carbocycles. The van der Waals surface area contributed by atoms with Gasteiger partial charge < -0.3 is 10.6 Å². The van der Waals surface area contributed by atoms with Gasteiger partial charge in [-0.3, -0.25) is 4.79 Å². The van der Waals surface area contributed by atoms with Crippen LogP contribution in [0.5, 0.6) is 0 Å². The molecule has 0 atom stereocenters. The largest absolute Gasteiger partial charge is 0.383 e.